The number of carbonyl (C=O) groups is 2. The van der Waals surface area contributed by atoms with Crippen molar-refractivity contribution in [2.75, 3.05) is 13.2 Å². The summed E-state index contributed by atoms with van der Waals surface area (Å²) in [7, 11) is -5.14. The number of rotatable bonds is 45. The number of hydrogen-bond donors (Lipinski definition) is 6. The molecule has 6 unspecified atom stereocenters. The van der Waals surface area contributed by atoms with Gasteiger partial charge in [-0.25, -0.2) is 4.57 Å². The molecule has 1 fully saturated rings. The van der Waals surface area contributed by atoms with E-state index in [1.165, 1.54) is 122 Å². The van der Waals surface area contributed by atoms with Crippen LogP contribution >= 0.6 is 7.82 Å². The Hall–Kier alpha value is -2.45. The van der Waals surface area contributed by atoms with Crippen molar-refractivity contribution >= 4 is 19.8 Å². The number of phosphoric ester groups is 1. The van der Waals surface area contributed by atoms with Crippen molar-refractivity contribution in [3.05, 3.63) is 60.8 Å². The molecule has 6 N–H and O–H groups in total. The number of allylic oxidation sites excluding steroid dienone is 10. The minimum atomic E-state index is -5.14. The first-order chi connectivity index (χ1) is 33.4. The molecular weight excluding hydrogens is 900 g/mol. The summed E-state index contributed by atoms with van der Waals surface area (Å²) >= 11 is 0. The summed E-state index contributed by atoms with van der Waals surface area (Å²) in [6.45, 7) is 3.17. The second-order valence-electron chi connectivity index (χ2n) is 18.7. The normalized spacial score (nSPS) is 21.3. The molecule has 0 bridgehead atoms. The molecule has 0 saturated heterocycles. The van der Waals surface area contributed by atoms with E-state index in [0.717, 1.165) is 51.4 Å². The topological polar surface area (TPSA) is 210 Å². The number of carbonyl (C=O) groups excluding carboxylic acids is 2. The molecule has 0 aromatic rings. The summed E-state index contributed by atoms with van der Waals surface area (Å²) < 4.78 is 33.6. The lowest BCUT2D eigenvalue weighted by Gasteiger charge is -2.41. The van der Waals surface area contributed by atoms with E-state index >= 15 is 0 Å². The molecule has 14 heteroatoms. The maximum atomic E-state index is 12.9. The second kappa shape index (κ2) is 44.3. The fourth-order valence-corrected chi connectivity index (χ4v) is 9.06. The lowest BCUT2D eigenvalue weighted by Crippen LogP contribution is -2.64. The molecule has 0 radical (unpaired) electrons. The Morgan fingerprint density at radius 2 is 0.826 bits per heavy atom. The minimum absolute atomic E-state index is 0.0180. The van der Waals surface area contributed by atoms with E-state index in [-0.39, 0.29) is 12.8 Å². The first kappa shape index (κ1) is 64.6. The molecule has 69 heavy (non-hydrogen) atoms. The quantitative estimate of drug-likeness (QED) is 0.0145. The SMILES string of the molecule is CC/C=C/C/C=C/C/C=C/C/C=C/C/C=C/CCCC(=O)O[C@@H](COC(=O)CCCCCCCCCCCCCCCCCCCCCCCCC)COP(=O)(O)OC1C(O)C(O)C(O)[C@H](O)C1O. The van der Waals surface area contributed by atoms with Gasteiger partial charge in [0.25, 0.3) is 0 Å². The van der Waals surface area contributed by atoms with Gasteiger partial charge in [-0.15, -0.1) is 0 Å². The summed E-state index contributed by atoms with van der Waals surface area (Å²) in [6.07, 6.45) is 42.9. The molecule has 13 nitrogen and oxygen atoms in total. The summed E-state index contributed by atoms with van der Waals surface area (Å²) in [5, 5.41) is 50.3. The highest BCUT2D eigenvalue weighted by molar-refractivity contribution is 7.47. The molecule has 0 heterocycles. The Bertz CT molecular complexity index is 1430. The van der Waals surface area contributed by atoms with Crippen LogP contribution in [-0.2, 0) is 32.7 Å². The predicted octanol–water partition coefficient (Wildman–Crippen LogP) is 12.1. The van der Waals surface area contributed by atoms with Gasteiger partial charge >= 0.3 is 19.8 Å². The van der Waals surface area contributed by atoms with E-state index in [1.54, 1.807) is 0 Å². The largest absolute Gasteiger partial charge is 0.472 e. The van der Waals surface area contributed by atoms with Crippen LogP contribution in [0.4, 0.5) is 0 Å². The highest BCUT2D eigenvalue weighted by atomic mass is 31.2. The predicted molar refractivity (Wildman–Crippen MR) is 276 cm³/mol. The zero-order valence-corrected chi connectivity index (χ0v) is 43.7. The highest BCUT2D eigenvalue weighted by Gasteiger charge is 2.51. The van der Waals surface area contributed by atoms with Gasteiger partial charge in [0.2, 0.25) is 0 Å². The van der Waals surface area contributed by atoms with Gasteiger partial charge in [-0.05, 0) is 51.4 Å². The lowest BCUT2D eigenvalue weighted by atomic mass is 9.85. The minimum Gasteiger partial charge on any atom is -0.462 e. The van der Waals surface area contributed by atoms with Crippen molar-refractivity contribution in [3.63, 3.8) is 0 Å². The highest BCUT2D eigenvalue weighted by Crippen LogP contribution is 2.47. The summed E-state index contributed by atoms with van der Waals surface area (Å²) in [5.41, 5.74) is 0. The number of esters is 2. The van der Waals surface area contributed by atoms with Crippen LogP contribution < -0.4 is 0 Å². The van der Waals surface area contributed by atoms with Gasteiger partial charge in [-0.3, -0.25) is 18.6 Å². The molecule has 1 aliphatic carbocycles. The number of aliphatic hydroxyl groups excluding tert-OH is 5. The average molecular weight is 997 g/mol. The number of phosphoric acid groups is 1. The molecule has 0 aliphatic heterocycles. The van der Waals surface area contributed by atoms with E-state index in [1.807, 2.05) is 12.2 Å². The number of unbranched alkanes of at least 4 members (excludes halogenated alkanes) is 23. The van der Waals surface area contributed by atoms with Crippen molar-refractivity contribution in [1.29, 1.82) is 0 Å². The van der Waals surface area contributed by atoms with Gasteiger partial charge in [0.15, 0.2) is 6.10 Å². The van der Waals surface area contributed by atoms with Gasteiger partial charge < -0.3 is 39.9 Å². The van der Waals surface area contributed by atoms with Crippen molar-refractivity contribution in [1.82, 2.24) is 0 Å². The molecule has 0 aromatic heterocycles. The van der Waals surface area contributed by atoms with E-state index in [2.05, 4.69) is 62.5 Å². The van der Waals surface area contributed by atoms with Crippen molar-refractivity contribution in [2.24, 2.45) is 0 Å². The first-order valence-corrected chi connectivity index (χ1v) is 28.6. The maximum absolute atomic E-state index is 12.9. The smallest absolute Gasteiger partial charge is 0.462 e. The van der Waals surface area contributed by atoms with E-state index in [0.29, 0.717) is 19.3 Å². The molecular formula is C55H97O13P. The fourth-order valence-electron chi connectivity index (χ4n) is 8.09. The van der Waals surface area contributed by atoms with Crippen LogP contribution in [0.25, 0.3) is 0 Å². The summed E-state index contributed by atoms with van der Waals surface area (Å²) in [6, 6.07) is 0. The number of aliphatic hydroxyl groups is 5. The number of hydrogen-bond acceptors (Lipinski definition) is 12. The van der Waals surface area contributed by atoms with Crippen LogP contribution in [0.3, 0.4) is 0 Å². The van der Waals surface area contributed by atoms with Crippen molar-refractivity contribution < 1.29 is 63.1 Å². The van der Waals surface area contributed by atoms with Gasteiger partial charge in [0, 0.05) is 12.8 Å². The van der Waals surface area contributed by atoms with E-state index in [4.69, 9.17) is 18.5 Å². The summed E-state index contributed by atoms with van der Waals surface area (Å²) in [5.74, 6) is -1.16. The van der Waals surface area contributed by atoms with E-state index < -0.39 is 75.7 Å². The Morgan fingerprint density at radius 1 is 0.464 bits per heavy atom. The van der Waals surface area contributed by atoms with Crippen LogP contribution in [0, 0.1) is 0 Å². The Morgan fingerprint density at radius 3 is 1.25 bits per heavy atom. The van der Waals surface area contributed by atoms with Crippen LogP contribution in [0.15, 0.2) is 60.8 Å². The first-order valence-electron chi connectivity index (χ1n) is 27.1. The van der Waals surface area contributed by atoms with Crippen LogP contribution in [-0.4, -0.2) is 98.3 Å². The maximum Gasteiger partial charge on any atom is 0.472 e. The van der Waals surface area contributed by atoms with Gasteiger partial charge in [-0.2, -0.15) is 0 Å². The van der Waals surface area contributed by atoms with Crippen LogP contribution in [0.1, 0.15) is 219 Å². The Kier molecular flexibility index (Phi) is 41.4. The van der Waals surface area contributed by atoms with Crippen molar-refractivity contribution in [3.8, 4) is 0 Å². The third-order valence-electron chi connectivity index (χ3n) is 12.4. The van der Waals surface area contributed by atoms with Gasteiger partial charge in [0.1, 0.15) is 43.2 Å². The van der Waals surface area contributed by atoms with Crippen molar-refractivity contribution in [2.45, 2.75) is 262 Å². The van der Waals surface area contributed by atoms with Gasteiger partial charge in [0.05, 0.1) is 6.61 Å². The molecule has 0 amide bonds. The van der Waals surface area contributed by atoms with Crippen LogP contribution in [0.5, 0.6) is 0 Å². The average Bonchev–Trinajstić information content (AvgIpc) is 3.33. The third-order valence-corrected chi connectivity index (χ3v) is 13.4. The molecule has 1 rings (SSSR count). The van der Waals surface area contributed by atoms with E-state index in [9.17, 15) is 44.6 Å². The molecule has 8 atom stereocenters. The molecule has 0 aromatic carbocycles. The zero-order valence-electron chi connectivity index (χ0n) is 42.8. The zero-order chi connectivity index (χ0) is 50.6. The third kappa shape index (κ3) is 36.2. The standard InChI is InChI=1S/C55H97O13P/c1-3-5-7-9-11-13-15-17-19-21-22-23-24-25-26-28-29-31-33-35-37-39-41-43-48(56)65-45-47(46-66-69(63,64)68-55-53(61)51(59)50(58)52(60)54(55)62)67-49(57)44-42-40-38-36-34-32-30-27-20-18-16-14-12-10-8-6-4-2/h6,8,12,14,18,20,30,32,36,38,47,50-55,58-62H,3-5,7,9-11,13,15-17,19,21-29,31,33-35,37,39-46H2,1-2H3,(H,63,64)/b8-6+,14-12+,20-18+,32-30+,38-36+/t47-,50?,51-,52?,53?,54?,55?/m0/s1. The van der Waals surface area contributed by atoms with Gasteiger partial charge in [-0.1, -0.05) is 216 Å². The number of ether oxygens (including phenoxy) is 2. The molecule has 1 saturated carbocycles. The lowest BCUT2D eigenvalue weighted by molar-refractivity contribution is -0.220. The van der Waals surface area contributed by atoms with Crippen LogP contribution in [0.2, 0.25) is 0 Å². The Balaban J connectivity index is 2.37. The monoisotopic (exact) mass is 997 g/mol. The molecule has 1 aliphatic rings. The Labute approximate surface area is 417 Å². The molecule has 400 valence electrons. The summed E-state index contributed by atoms with van der Waals surface area (Å²) in [4.78, 5) is 35.8. The second-order valence-corrected chi connectivity index (χ2v) is 20.1. The molecule has 0 spiro atoms. The fraction of sp³-hybridized carbons (Fsp3) is 0.782.